The molecule has 0 bridgehead atoms. The Labute approximate surface area is 224 Å². The summed E-state index contributed by atoms with van der Waals surface area (Å²) in [5.41, 5.74) is 7.71. The van der Waals surface area contributed by atoms with Crippen molar-refractivity contribution in [1.29, 1.82) is 0 Å². The highest BCUT2D eigenvalue weighted by molar-refractivity contribution is 5.82. The summed E-state index contributed by atoms with van der Waals surface area (Å²) in [6, 6.07) is 22.7. The van der Waals surface area contributed by atoms with Crippen molar-refractivity contribution in [3.8, 4) is 33.5 Å². The summed E-state index contributed by atoms with van der Waals surface area (Å²) in [4.78, 5) is 8.93. The minimum atomic E-state index is -0.623. The Hall–Kier alpha value is -3.99. The number of pyridine rings is 1. The first-order valence-corrected chi connectivity index (χ1v) is 13.1. The summed E-state index contributed by atoms with van der Waals surface area (Å²) in [6.07, 6.45) is 3.96. The Kier molecular flexibility index (Phi) is 7.02. The van der Waals surface area contributed by atoms with Gasteiger partial charge in [0.15, 0.2) is 0 Å². The van der Waals surface area contributed by atoms with Crippen LogP contribution in [0.3, 0.4) is 0 Å². The van der Waals surface area contributed by atoms with E-state index in [4.69, 9.17) is 4.98 Å². The van der Waals surface area contributed by atoms with E-state index in [1.165, 1.54) is 34.4 Å². The molecular weight excluding hydrogens is 476 g/mol. The first-order chi connectivity index (χ1) is 18.2. The summed E-state index contributed by atoms with van der Waals surface area (Å²) in [5.74, 6) is 0.00580. The van der Waals surface area contributed by atoms with Crippen molar-refractivity contribution in [3.05, 3.63) is 108 Å². The summed E-state index contributed by atoms with van der Waals surface area (Å²) in [6.45, 7) is 9.47. The lowest BCUT2D eigenvalue weighted by atomic mass is 9.82. The Morgan fingerprint density at radius 1 is 0.737 bits per heavy atom. The maximum absolute atomic E-state index is 15.0. The van der Waals surface area contributed by atoms with Crippen molar-refractivity contribution in [1.82, 2.24) is 9.88 Å². The summed E-state index contributed by atoms with van der Waals surface area (Å²) < 4.78 is 28.7. The van der Waals surface area contributed by atoms with E-state index < -0.39 is 11.6 Å². The van der Waals surface area contributed by atoms with Gasteiger partial charge in [-0.3, -0.25) is 0 Å². The van der Waals surface area contributed by atoms with Gasteiger partial charge in [0.05, 0.1) is 12.4 Å². The van der Waals surface area contributed by atoms with Gasteiger partial charge in [-0.1, -0.05) is 70.2 Å². The molecule has 0 aliphatic carbocycles. The van der Waals surface area contributed by atoms with Gasteiger partial charge in [-0.2, -0.15) is 0 Å². The molecule has 3 aromatic carbocycles. The summed E-state index contributed by atoms with van der Waals surface area (Å²) >= 11 is 0. The van der Waals surface area contributed by atoms with E-state index in [0.29, 0.717) is 12.4 Å². The summed E-state index contributed by atoms with van der Waals surface area (Å²) in [7, 11) is 2.00. The van der Waals surface area contributed by atoms with Gasteiger partial charge in [0.2, 0.25) is 0 Å². The monoisotopic (exact) mass is 509 g/mol. The maximum atomic E-state index is 15.0. The molecular formula is C33H33F2N3. The van der Waals surface area contributed by atoms with Crippen LogP contribution >= 0.6 is 0 Å². The number of nitrogens with zero attached hydrogens (tertiary/aromatic N) is 3. The number of hydrogen-bond acceptors (Lipinski definition) is 3. The van der Waals surface area contributed by atoms with Crippen molar-refractivity contribution in [2.24, 2.45) is 0 Å². The molecule has 1 aliphatic heterocycles. The number of hydrogen-bond donors (Lipinski definition) is 0. The minimum absolute atomic E-state index is 0.256. The highest BCUT2D eigenvalue weighted by Crippen LogP contribution is 2.42. The van der Waals surface area contributed by atoms with Crippen LogP contribution < -0.4 is 4.90 Å². The average molecular weight is 510 g/mol. The number of benzene rings is 3. The lowest BCUT2D eigenvalue weighted by Gasteiger charge is -2.24. The topological polar surface area (TPSA) is 19.4 Å². The van der Waals surface area contributed by atoms with Crippen molar-refractivity contribution in [2.75, 3.05) is 18.6 Å². The van der Waals surface area contributed by atoms with Crippen LogP contribution in [0.5, 0.6) is 0 Å². The molecule has 0 spiro atoms. The molecule has 4 aromatic rings. The highest BCUT2D eigenvalue weighted by atomic mass is 19.1. The number of aromatic nitrogens is 1. The Balaban J connectivity index is 1.78. The third kappa shape index (κ3) is 5.06. The fraction of sp³-hybridized carbons (Fsp3) is 0.242. The number of rotatable bonds is 6. The van der Waals surface area contributed by atoms with Gasteiger partial charge in [0.1, 0.15) is 17.5 Å². The Morgan fingerprint density at radius 3 is 2.00 bits per heavy atom. The second-order valence-electron chi connectivity index (χ2n) is 10.6. The molecule has 2 heterocycles. The lowest BCUT2D eigenvalue weighted by molar-refractivity contribution is 0.494. The predicted molar refractivity (Wildman–Crippen MR) is 153 cm³/mol. The molecule has 1 aromatic heterocycles. The van der Waals surface area contributed by atoms with Gasteiger partial charge in [0.25, 0.3) is 0 Å². The Morgan fingerprint density at radius 2 is 1.42 bits per heavy atom. The van der Waals surface area contributed by atoms with Crippen LogP contribution in [-0.2, 0) is 0 Å². The molecule has 0 radical (unpaired) electrons. The second-order valence-corrected chi connectivity index (χ2v) is 10.6. The lowest BCUT2D eigenvalue weighted by Crippen LogP contribution is -2.22. The van der Waals surface area contributed by atoms with Gasteiger partial charge in [-0.25, -0.2) is 13.8 Å². The number of halogens is 2. The van der Waals surface area contributed by atoms with Crippen molar-refractivity contribution in [3.63, 3.8) is 0 Å². The van der Waals surface area contributed by atoms with Gasteiger partial charge in [-0.15, -0.1) is 0 Å². The molecule has 1 aliphatic rings. The van der Waals surface area contributed by atoms with Crippen LogP contribution in [0.15, 0.2) is 85.2 Å². The quantitative estimate of drug-likeness (QED) is 0.259. The zero-order valence-corrected chi connectivity index (χ0v) is 22.5. The standard InChI is InChI=1S/C33H33F2N3/c1-21(2)28-15-24(23-9-7-6-8-10-23)16-29(22(3)4)33(28)25-17-31(27-12-11-26(34)19-30(27)35)36-32(18-25)38-14-13-37(5)20-38/h6-19,21-22H,20H2,1-5H3. The third-order valence-electron chi connectivity index (χ3n) is 7.03. The zero-order chi connectivity index (χ0) is 27.0. The molecule has 0 saturated carbocycles. The molecule has 3 nitrogen and oxygen atoms in total. The second kappa shape index (κ2) is 10.4. The molecule has 38 heavy (non-hydrogen) atoms. The van der Waals surface area contributed by atoms with Gasteiger partial charge in [0, 0.05) is 31.1 Å². The smallest absolute Gasteiger partial charge is 0.135 e. The molecule has 5 heteroatoms. The SMILES string of the molecule is CC(C)c1cc(-c2ccccc2)cc(C(C)C)c1-c1cc(-c2ccc(F)cc2F)nc(N2C=CN(C)C2)c1. The van der Waals surface area contributed by atoms with Crippen LogP contribution in [0, 0.1) is 11.6 Å². The van der Waals surface area contributed by atoms with Crippen molar-refractivity contribution >= 4 is 5.82 Å². The highest BCUT2D eigenvalue weighted by Gasteiger charge is 2.22. The molecule has 5 rings (SSSR count). The maximum Gasteiger partial charge on any atom is 0.135 e. The van der Waals surface area contributed by atoms with Gasteiger partial charge < -0.3 is 9.80 Å². The van der Waals surface area contributed by atoms with Crippen LogP contribution in [0.25, 0.3) is 33.5 Å². The zero-order valence-electron chi connectivity index (χ0n) is 22.5. The van der Waals surface area contributed by atoms with E-state index in [9.17, 15) is 8.78 Å². The molecule has 0 saturated heterocycles. The summed E-state index contributed by atoms with van der Waals surface area (Å²) in [5, 5.41) is 0. The molecule has 194 valence electrons. The van der Waals surface area contributed by atoms with E-state index in [0.717, 1.165) is 23.0 Å². The normalized spacial score (nSPS) is 13.3. The largest absolute Gasteiger partial charge is 0.361 e. The molecule has 0 fully saturated rings. The van der Waals surface area contributed by atoms with E-state index in [1.807, 2.05) is 36.5 Å². The minimum Gasteiger partial charge on any atom is -0.361 e. The fourth-order valence-electron chi connectivity index (χ4n) is 5.05. The van der Waals surface area contributed by atoms with Gasteiger partial charge in [-0.05, 0) is 69.5 Å². The molecule has 0 N–H and O–H groups in total. The first kappa shape index (κ1) is 25.7. The Bertz CT molecular complexity index is 1460. The van der Waals surface area contributed by atoms with Crippen LogP contribution in [0.4, 0.5) is 14.6 Å². The van der Waals surface area contributed by atoms with Gasteiger partial charge >= 0.3 is 0 Å². The van der Waals surface area contributed by atoms with Crippen LogP contribution in [0.1, 0.15) is 50.7 Å². The van der Waals surface area contributed by atoms with Crippen molar-refractivity contribution in [2.45, 2.75) is 39.5 Å². The van der Waals surface area contributed by atoms with Crippen molar-refractivity contribution < 1.29 is 8.78 Å². The molecule has 0 unspecified atom stereocenters. The predicted octanol–water partition coefficient (Wildman–Crippen LogP) is 8.79. The number of anilines is 1. The van der Waals surface area contributed by atoms with Crippen LogP contribution in [-0.4, -0.2) is 23.6 Å². The van der Waals surface area contributed by atoms with E-state index in [1.54, 1.807) is 0 Å². The molecule has 0 amide bonds. The van der Waals surface area contributed by atoms with E-state index in [2.05, 4.69) is 75.1 Å². The van der Waals surface area contributed by atoms with E-state index in [-0.39, 0.29) is 17.4 Å². The average Bonchev–Trinajstić information content (AvgIpc) is 3.34. The third-order valence-corrected chi connectivity index (χ3v) is 7.03. The first-order valence-electron chi connectivity index (χ1n) is 13.1. The fourth-order valence-corrected chi connectivity index (χ4v) is 5.05. The van der Waals surface area contributed by atoms with Crippen LogP contribution in [0.2, 0.25) is 0 Å². The molecule has 0 atom stereocenters. The van der Waals surface area contributed by atoms with E-state index >= 15 is 0 Å².